The van der Waals surface area contributed by atoms with Crippen molar-refractivity contribution in [2.45, 2.75) is 32.1 Å². The van der Waals surface area contributed by atoms with Crippen molar-refractivity contribution in [3.8, 4) is 0 Å². The molecule has 16 heavy (non-hydrogen) atoms. The molecule has 2 aromatic rings. The lowest BCUT2D eigenvalue weighted by Crippen LogP contribution is -1.95. The van der Waals surface area contributed by atoms with E-state index in [9.17, 15) is 0 Å². The average molecular weight is 209 g/mol. The van der Waals surface area contributed by atoms with Gasteiger partial charge in [0, 0.05) is 5.56 Å². The molecule has 0 heteroatoms. The van der Waals surface area contributed by atoms with Crippen LogP contribution in [0.3, 0.4) is 0 Å². The van der Waals surface area contributed by atoms with Crippen LogP contribution in [0.4, 0.5) is 0 Å². The van der Waals surface area contributed by atoms with Gasteiger partial charge in [-0.25, -0.2) is 0 Å². The van der Waals surface area contributed by atoms with Gasteiger partial charge >= 0.3 is 0 Å². The minimum Gasteiger partial charge on any atom is -0.0616 e. The van der Waals surface area contributed by atoms with Crippen molar-refractivity contribution in [2.24, 2.45) is 0 Å². The Labute approximate surface area is 97.3 Å². The molecule has 0 aromatic heterocycles. The van der Waals surface area contributed by atoms with Crippen LogP contribution in [-0.4, -0.2) is 0 Å². The topological polar surface area (TPSA) is 0 Å². The maximum Gasteiger partial charge on any atom is 0.123 e. The highest BCUT2D eigenvalue weighted by molar-refractivity contribution is 5.89. The van der Waals surface area contributed by atoms with Crippen molar-refractivity contribution in [1.29, 1.82) is 0 Å². The highest BCUT2D eigenvalue weighted by Gasteiger charge is 2.27. The number of hydrogen-bond acceptors (Lipinski definition) is 0. The van der Waals surface area contributed by atoms with E-state index >= 15 is 0 Å². The summed E-state index contributed by atoms with van der Waals surface area (Å²) < 4.78 is 0. The first-order valence-corrected chi connectivity index (χ1v) is 6.18. The van der Waals surface area contributed by atoms with E-state index in [1.54, 1.807) is 0 Å². The van der Waals surface area contributed by atoms with Gasteiger partial charge in [0.25, 0.3) is 0 Å². The van der Waals surface area contributed by atoms with Crippen molar-refractivity contribution in [3.05, 3.63) is 53.9 Å². The molecule has 2 aromatic carbocycles. The van der Waals surface area contributed by atoms with Crippen LogP contribution < -0.4 is 0 Å². The predicted octanol–water partition coefficient (Wildman–Crippen LogP) is 4.62. The van der Waals surface area contributed by atoms with Gasteiger partial charge in [-0.05, 0) is 36.1 Å². The Balaban J connectivity index is 2.21. The largest absolute Gasteiger partial charge is 0.123 e. The zero-order valence-corrected chi connectivity index (χ0v) is 9.74. The third-order valence-electron chi connectivity index (χ3n) is 3.75. The fourth-order valence-electron chi connectivity index (χ4n) is 2.85. The zero-order valence-electron chi connectivity index (χ0n) is 9.74. The fraction of sp³-hybridized carbons (Fsp3) is 0.312. The monoisotopic (exact) mass is 209 g/mol. The average Bonchev–Trinajstić information content (AvgIpc) is 2.83. The van der Waals surface area contributed by atoms with Gasteiger partial charge in [0.05, 0.1) is 12.8 Å². The van der Waals surface area contributed by atoms with Gasteiger partial charge in [0.2, 0.25) is 0 Å². The van der Waals surface area contributed by atoms with E-state index in [-0.39, 0.29) is 0 Å². The lowest BCUT2D eigenvalue weighted by Gasteiger charge is -2.10. The second-order valence-electron chi connectivity index (χ2n) is 4.79. The minimum atomic E-state index is 0.686. The second kappa shape index (κ2) is 3.86. The molecule has 1 aliphatic rings. The summed E-state index contributed by atoms with van der Waals surface area (Å²) in [6.45, 7) is 2.20. The molecular formula is C16H17+. The molecule has 0 bridgehead atoms. The van der Waals surface area contributed by atoms with Crippen LogP contribution in [0, 0.1) is 13.3 Å². The van der Waals surface area contributed by atoms with Gasteiger partial charge in [-0.15, -0.1) is 0 Å². The standard InChI is InChI=1S/C16H17/c1-12-10-11-15(13-6-2-3-7-13)16-9-5-4-8-14(12)16/h4-6,8-11,13H,2-3,7H2,1H3/q+1. The molecule has 1 unspecified atom stereocenters. The van der Waals surface area contributed by atoms with E-state index in [2.05, 4.69) is 49.7 Å². The maximum absolute atomic E-state index is 2.48. The number of rotatable bonds is 1. The van der Waals surface area contributed by atoms with Crippen LogP contribution in [0.5, 0.6) is 0 Å². The summed E-state index contributed by atoms with van der Waals surface area (Å²) in [5.74, 6) is 0.686. The van der Waals surface area contributed by atoms with E-state index in [1.165, 1.54) is 41.2 Å². The lowest BCUT2D eigenvalue weighted by atomic mass is 9.90. The fourth-order valence-corrected chi connectivity index (χ4v) is 2.85. The van der Waals surface area contributed by atoms with Crippen molar-refractivity contribution in [2.75, 3.05) is 0 Å². The molecule has 0 N–H and O–H groups in total. The van der Waals surface area contributed by atoms with Gasteiger partial charge in [0.1, 0.15) is 5.92 Å². The van der Waals surface area contributed by atoms with Crippen molar-refractivity contribution >= 4 is 10.8 Å². The number of fused-ring (bicyclic) bond motifs is 1. The van der Waals surface area contributed by atoms with Gasteiger partial charge < -0.3 is 0 Å². The quantitative estimate of drug-likeness (QED) is 0.601. The number of aryl methyl sites for hydroxylation is 1. The second-order valence-corrected chi connectivity index (χ2v) is 4.79. The van der Waals surface area contributed by atoms with Crippen LogP contribution in [0.15, 0.2) is 36.4 Å². The molecule has 3 rings (SSSR count). The van der Waals surface area contributed by atoms with Crippen molar-refractivity contribution in [3.63, 3.8) is 0 Å². The van der Waals surface area contributed by atoms with Gasteiger partial charge in [-0.1, -0.05) is 36.4 Å². The Morgan fingerprint density at radius 2 is 1.88 bits per heavy atom. The Bertz CT molecular complexity index is 504. The molecule has 0 nitrogen and oxygen atoms in total. The van der Waals surface area contributed by atoms with Crippen LogP contribution >= 0.6 is 0 Å². The van der Waals surface area contributed by atoms with E-state index in [1.807, 2.05) is 0 Å². The first-order chi connectivity index (χ1) is 7.86. The summed E-state index contributed by atoms with van der Waals surface area (Å²) in [5.41, 5.74) is 2.91. The number of hydrogen-bond donors (Lipinski definition) is 0. The lowest BCUT2D eigenvalue weighted by molar-refractivity contribution is 0.796. The van der Waals surface area contributed by atoms with Gasteiger partial charge in [-0.3, -0.25) is 0 Å². The Hall–Kier alpha value is -1.43. The van der Waals surface area contributed by atoms with E-state index in [0.717, 1.165) is 0 Å². The third kappa shape index (κ3) is 1.49. The normalized spacial score (nSPS) is 19.9. The zero-order chi connectivity index (χ0) is 11.0. The maximum atomic E-state index is 2.48. The summed E-state index contributed by atoms with van der Waals surface area (Å²) in [5, 5.41) is 2.87. The first kappa shape index (κ1) is 9.77. The summed E-state index contributed by atoms with van der Waals surface area (Å²) in [4.78, 5) is 0. The molecule has 1 fully saturated rings. The van der Waals surface area contributed by atoms with Crippen LogP contribution in [0.1, 0.15) is 36.3 Å². The highest BCUT2D eigenvalue weighted by Crippen LogP contribution is 2.37. The molecule has 1 saturated carbocycles. The number of benzene rings is 2. The van der Waals surface area contributed by atoms with Crippen molar-refractivity contribution < 1.29 is 0 Å². The van der Waals surface area contributed by atoms with Crippen LogP contribution in [0.2, 0.25) is 0 Å². The summed E-state index contributed by atoms with van der Waals surface area (Å²) >= 11 is 0. The van der Waals surface area contributed by atoms with Crippen molar-refractivity contribution in [1.82, 2.24) is 0 Å². The predicted molar refractivity (Wildman–Crippen MR) is 69.6 cm³/mol. The van der Waals surface area contributed by atoms with Gasteiger partial charge in [0.15, 0.2) is 0 Å². The van der Waals surface area contributed by atoms with Crippen LogP contribution in [-0.2, 0) is 0 Å². The third-order valence-corrected chi connectivity index (χ3v) is 3.75. The summed E-state index contributed by atoms with van der Waals surface area (Å²) in [7, 11) is 0. The van der Waals surface area contributed by atoms with E-state index in [4.69, 9.17) is 0 Å². The molecule has 0 aliphatic heterocycles. The molecule has 1 atom stereocenters. The molecule has 0 radical (unpaired) electrons. The van der Waals surface area contributed by atoms with Crippen LogP contribution in [0.25, 0.3) is 10.8 Å². The van der Waals surface area contributed by atoms with E-state index < -0.39 is 0 Å². The van der Waals surface area contributed by atoms with Gasteiger partial charge in [-0.2, -0.15) is 0 Å². The SMILES string of the molecule is Cc1ccc(C2[CH+]CCC2)c2ccccc12. The molecule has 0 amide bonds. The molecule has 0 spiro atoms. The molecule has 80 valence electrons. The molecule has 0 heterocycles. The minimum absolute atomic E-state index is 0.686. The molecular weight excluding hydrogens is 192 g/mol. The summed E-state index contributed by atoms with van der Waals surface area (Å²) in [6.07, 6.45) is 6.45. The first-order valence-electron chi connectivity index (χ1n) is 6.18. The highest BCUT2D eigenvalue weighted by atomic mass is 14.2. The Kier molecular flexibility index (Phi) is 2.36. The Morgan fingerprint density at radius 1 is 1.06 bits per heavy atom. The Morgan fingerprint density at radius 3 is 2.62 bits per heavy atom. The molecule has 0 saturated heterocycles. The molecule has 1 aliphatic carbocycles. The smallest absolute Gasteiger partial charge is 0.0616 e. The van der Waals surface area contributed by atoms with E-state index in [0.29, 0.717) is 5.92 Å². The summed E-state index contributed by atoms with van der Waals surface area (Å²) in [6, 6.07) is 13.4.